The average Bonchev–Trinajstić information content (AvgIpc) is 3.62. The Bertz CT molecular complexity index is 2300. The first kappa shape index (κ1) is 27.7. The smallest absolute Gasteiger partial charge is 0.142 e. The predicted molar refractivity (Wildman–Crippen MR) is 197 cm³/mol. The zero-order chi connectivity index (χ0) is 31.5. The van der Waals surface area contributed by atoms with E-state index in [2.05, 4.69) is 170 Å². The van der Waals surface area contributed by atoms with Crippen LogP contribution in [0, 0.1) is 0 Å². The maximum absolute atomic E-state index is 6.48. The van der Waals surface area contributed by atoms with Gasteiger partial charge in [0.05, 0.1) is 5.69 Å². The molecule has 0 radical (unpaired) electrons. The molecule has 47 heavy (non-hydrogen) atoms. The van der Waals surface area contributed by atoms with E-state index in [0.29, 0.717) is 0 Å². The molecule has 9 rings (SSSR count). The highest BCUT2D eigenvalue weighted by molar-refractivity contribution is 5.99. The number of para-hydroxylation sites is 1. The number of hydrogen-bond donors (Lipinski definition) is 0. The Morgan fingerprint density at radius 2 is 1.21 bits per heavy atom. The quantitative estimate of drug-likeness (QED) is 0.194. The van der Waals surface area contributed by atoms with Gasteiger partial charge < -0.3 is 9.32 Å². The van der Waals surface area contributed by atoms with Crippen molar-refractivity contribution in [1.82, 2.24) is 0 Å². The summed E-state index contributed by atoms with van der Waals surface area (Å²) in [5.41, 5.74) is 15.6. The normalized spacial score (nSPS) is 14.1. The Balaban J connectivity index is 1.19. The fourth-order valence-electron chi connectivity index (χ4n) is 7.77. The summed E-state index contributed by atoms with van der Waals surface area (Å²) in [6.45, 7) is 4.69. The van der Waals surface area contributed by atoms with E-state index in [9.17, 15) is 0 Å². The second-order valence-corrected chi connectivity index (χ2v) is 13.2. The number of fused-ring (bicyclic) bond motifs is 6. The molecule has 0 spiro atoms. The summed E-state index contributed by atoms with van der Waals surface area (Å²) in [6.07, 6.45) is 6.46. The van der Waals surface area contributed by atoms with Crippen LogP contribution in [0.5, 0.6) is 0 Å². The van der Waals surface area contributed by atoms with Gasteiger partial charge in [0.15, 0.2) is 0 Å². The molecule has 2 nitrogen and oxygen atoms in total. The molecule has 0 atom stereocenters. The summed E-state index contributed by atoms with van der Waals surface area (Å²) in [6, 6.07) is 50.8. The Hall–Kier alpha value is -5.60. The van der Waals surface area contributed by atoms with Gasteiger partial charge in [0.2, 0.25) is 0 Å². The third-order valence-corrected chi connectivity index (χ3v) is 10.1. The lowest BCUT2D eigenvalue weighted by atomic mass is 9.82. The number of rotatable bonds is 5. The van der Waals surface area contributed by atoms with Crippen LogP contribution in [-0.2, 0) is 11.8 Å². The molecule has 2 aliphatic rings. The minimum absolute atomic E-state index is 0.0787. The second kappa shape index (κ2) is 10.7. The topological polar surface area (TPSA) is 16.4 Å². The van der Waals surface area contributed by atoms with E-state index in [4.69, 9.17) is 4.42 Å². The molecule has 0 unspecified atom stereocenters. The Morgan fingerprint density at radius 3 is 2.00 bits per heavy atom. The minimum Gasteiger partial charge on any atom is -0.460 e. The maximum atomic E-state index is 6.48. The van der Waals surface area contributed by atoms with E-state index in [0.717, 1.165) is 46.7 Å². The lowest BCUT2D eigenvalue weighted by molar-refractivity contribution is 0.547. The van der Waals surface area contributed by atoms with E-state index < -0.39 is 0 Å². The molecule has 0 aliphatic heterocycles. The monoisotopic (exact) mass is 605 g/mol. The molecule has 226 valence electrons. The highest BCUT2D eigenvalue weighted by Crippen LogP contribution is 2.54. The number of hydrogen-bond acceptors (Lipinski definition) is 2. The number of anilines is 3. The number of aryl methyl sites for hydroxylation is 1. The van der Waals surface area contributed by atoms with Crippen molar-refractivity contribution in [2.24, 2.45) is 0 Å². The van der Waals surface area contributed by atoms with Gasteiger partial charge in [0.1, 0.15) is 11.3 Å². The standard InChI is InChI=1S/C45H35NO/c1-45(2)39-18-8-6-15-38(39)43-40(45)19-11-20-41(43)46(33-26-22-31(23-27-33)30-12-4-3-5-13-30)34-28-24-32(25-29-34)35-16-10-17-37-36-14-7-9-21-42(36)47-44(35)37/h3-8,10-20,22-29H,9,21H2,1-2H3. The highest BCUT2D eigenvalue weighted by atomic mass is 16.3. The van der Waals surface area contributed by atoms with Crippen molar-refractivity contribution < 1.29 is 4.42 Å². The van der Waals surface area contributed by atoms with Crippen LogP contribution < -0.4 is 4.90 Å². The van der Waals surface area contributed by atoms with Gasteiger partial charge in [0, 0.05) is 45.3 Å². The van der Waals surface area contributed by atoms with Gasteiger partial charge in [-0.1, -0.05) is 135 Å². The SMILES string of the molecule is CC1(C)c2ccccc2-c2c(N(c3ccc(-c4ccccc4)cc3)c3ccc(-c4cccc5c6c(oc45)CCC=C6)cc3)cccc21. The van der Waals surface area contributed by atoms with Gasteiger partial charge in [-0.05, 0) is 70.1 Å². The van der Waals surface area contributed by atoms with Gasteiger partial charge in [-0.25, -0.2) is 0 Å². The third-order valence-electron chi connectivity index (χ3n) is 10.1. The predicted octanol–water partition coefficient (Wildman–Crippen LogP) is 12.5. The summed E-state index contributed by atoms with van der Waals surface area (Å²) in [5.74, 6) is 1.10. The molecule has 7 aromatic rings. The number of benzene rings is 6. The molecular formula is C45H35NO. The van der Waals surface area contributed by atoms with Crippen molar-refractivity contribution in [3.63, 3.8) is 0 Å². The number of furan rings is 1. The molecule has 0 amide bonds. The minimum atomic E-state index is -0.0787. The molecule has 0 saturated heterocycles. The molecular weight excluding hydrogens is 571 g/mol. The van der Waals surface area contributed by atoms with Crippen molar-refractivity contribution in [1.29, 1.82) is 0 Å². The van der Waals surface area contributed by atoms with Gasteiger partial charge in [-0.3, -0.25) is 0 Å². The largest absolute Gasteiger partial charge is 0.460 e. The van der Waals surface area contributed by atoms with Gasteiger partial charge in [0.25, 0.3) is 0 Å². The average molecular weight is 606 g/mol. The molecule has 2 heteroatoms. The number of nitrogens with zero attached hydrogens (tertiary/aromatic N) is 1. The Morgan fingerprint density at radius 1 is 0.574 bits per heavy atom. The lowest BCUT2D eigenvalue weighted by Crippen LogP contribution is -2.16. The van der Waals surface area contributed by atoms with Crippen LogP contribution in [0.2, 0.25) is 0 Å². The summed E-state index contributed by atoms with van der Waals surface area (Å²) in [4.78, 5) is 2.42. The van der Waals surface area contributed by atoms with E-state index in [1.807, 2.05) is 0 Å². The maximum Gasteiger partial charge on any atom is 0.142 e. The Labute approximate surface area is 276 Å². The van der Waals surface area contributed by atoms with Crippen LogP contribution in [0.25, 0.3) is 50.4 Å². The molecule has 2 aliphatic carbocycles. The van der Waals surface area contributed by atoms with Gasteiger partial charge in [-0.15, -0.1) is 0 Å². The molecule has 0 N–H and O–H groups in total. The number of allylic oxidation sites excluding steroid dienone is 1. The molecule has 0 bridgehead atoms. The van der Waals surface area contributed by atoms with E-state index in [-0.39, 0.29) is 5.41 Å². The Kier molecular flexibility index (Phi) is 6.33. The first-order chi connectivity index (χ1) is 23.1. The fourth-order valence-corrected chi connectivity index (χ4v) is 7.77. The summed E-state index contributed by atoms with van der Waals surface area (Å²) >= 11 is 0. The lowest BCUT2D eigenvalue weighted by Gasteiger charge is -2.29. The van der Waals surface area contributed by atoms with Crippen LogP contribution in [0.4, 0.5) is 17.1 Å². The van der Waals surface area contributed by atoms with Crippen molar-refractivity contribution >= 4 is 34.1 Å². The first-order valence-electron chi connectivity index (χ1n) is 16.6. The van der Waals surface area contributed by atoms with Crippen LogP contribution in [-0.4, -0.2) is 0 Å². The van der Waals surface area contributed by atoms with Gasteiger partial charge >= 0.3 is 0 Å². The van der Waals surface area contributed by atoms with Crippen molar-refractivity contribution in [3.8, 4) is 33.4 Å². The summed E-state index contributed by atoms with van der Waals surface area (Å²) < 4.78 is 6.48. The van der Waals surface area contributed by atoms with Gasteiger partial charge in [-0.2, -0.15) is 0 Å². The molecule has 0 saturated carbocycles. The van der Waals surface area contributed by atoms with Crippen molar-refractivity contribution in [2.45, 2.75) is 32.1 Å². The third kappa shape index (κ3) is 4.40. The molecule has 1 aromatic heterocycles. The second-order valence-electron chi connectivity index (χ2n) is 13.2. The van der Waals surface area contributed by atoms with E-state index in [1.54, 1.807) is 0 Å². The van der Waals surface area contributed by atoms with Crippen LogP contribution in [0.1, 0.15) is 42.7 Å². The summed E-state index contributed by atoms with van der Waals surface area (Å²) in [5, 5.41) is 1.19. The van der Waals surface area contributed by atoms with Crippen LogP contribution >= 0.6 is 0 Å². The highest BCUT2D eigenvalue weighted by Gasteiger charge is 2.37. The fraction of sp³-hybridized carbons (Fsp3) is 0.111. The zero-order valence-corrected chi connectivity index (χ0v) is 26.7. The van der Waals surface area contributed by atoms with E-state index >= 15 is 0 Å². The summed E-state index contributed by atoms with van der Waals surface area (Å²) in [7, 11) is 0. The van der Waals surface area contributed by atoms with Crippen LogP contribution in [0.3, 0.4) is 0 Å². The van der Waals surface area contributed by atoms with E-state index in [1.165, 1.54) is 50.0 Å². The molecule has 1 heterocycles. The molecule has 6 aromatic carbocycles. The van der Waals surface area contributed by atoms with Crippen LogP contribution in [0.15, 0.2) is 150 Å². The molecule has 0 fully saturated rings. The first-order valence-corrected chi connectivity index (χ1v) is 16.6. The van der Waals surface area contributed by atoms with Crippen molar-refractivity contribution in [3.05, 3.63) is 168 Å². The zero-order valence-electron chi connectivity index (χ0n) is 26.7. The van der Waals surface area contributed by atoms with Crippen molar-refractivity contribution in [2.75, 3.05) is 4.90 Å².